The number of carbonyl (C=O) groups is 1. The molecule has 24 heavy (non-hydrogen) atoms. The highest BCUT2D eigenvalue weighted by Crippen LogP contribution is 2.13. The van der Waals surface area contributed by atoms with Gasteiger partial charge in [-0.2, -0.15) is 0 Å². The number of ether oxygens (including phenoxy) is 1. The van der Waals surface area contributed by atoms with Crippen molar-refractivity contribution in [1.82, 2.24) is 5.32 Å². The summed E-state index contributed by atoms with van der Waals surface area (Å²) in [5.74, 6) is -0.332. The van der Waals surface area contributed by atoms with Crippen LogP contribution in [0.15, 0.2) is 48.5 Å². The number of rotatable bonds is 8. The summed E-state index contributed by atoms with van der Waals surface area (Å²) in [4.78, 5) is 11.8. The molecule has 0 unspecified atom stereocenters. The van der Waals surface area contributed by atoms with Gasteiger partial charge in [-0.3, -0.25) is 4.79 Å². The molecule has 2 N–H and O–H groups in total. The molecule has 0 spiro atoms. The minimum Gasteiger partial charge on any atom is -0.484 e. The van der Waals surface area contributed by atoms with Gasteiger partial charge in [-0.25, -0.2) is 4.39 Å². The van der Waals surface area contributed by atoms with Crippen molar-refractivity contribution < 1.29 is 19.0 Å². The number of halogens is 2. The van der Waals surface area contributed by atoms with Crippen LogP contribution in [-0.2, 0) is 11.2 Å². The van der Waals surface area contributed by atoms with E-state index in [0.29, 0.717) is 23.7 Å². The Bertz CT molecular complexity index is 646. The lowest BCUT2D eigenvalue weighted by molar-refractivity contribution is -0.123. The molecule has 0 aliphatic carbocycles. The molecule has 1 atom stereocenters. The monoisotopic (exact) mass is 351 g/mol. The van der Waals surface area contributed by atoms with E-state index in [4.69, 9.17) is 16.3 Å². The first-order valence-corrected chi connectivity index (χ1v) is 7.95. The van der Waals surface area contributed by atoms with E-state index in [9.17, 15) is 14.3 Å². The molecule has 2 aromatic rings. The lowest BCUT2D eigenvalue weighted by Gasteiger charge is -2.15. The molecule has 0 radical (unpaired) electrons. The van der Waals surface area contributed by atoms with Crippen LogP contribution in [0.4, 0.5) is 4.39 Å². The molecule has 0 bridgehead atoms. The summed E-state index contributed by atoms with van der Waals surface area (Å²) in [5.41, 5.74) is 1.04. The van der Waals surface area contributed by atoms with E-state index in [1.807, 2.05) is 12.1 Å². The zero-order chi connectivity index (χ0) is 17.4. The van der Waals surface area contributed by atoms with Gasteiger partial charge in [0, 0.05) is 24.1 Å². The molecule has 0 fully saturated rings. The molecule has 2 aromatic carbocycles. The Balaban J connectivity index is 1.74. The largest absolute Gasteiger partial charge is 0.484 e. The van der Waals surface area contributed by atoms with Gasteiger partial charge in [-0.15, -0.1) is 0 Å². The molecule has 0 aromatic heterocycles. The molecule has 6 heteroatoms. The van der Waals surface area contributed by atoms with E-state index in [1.165, 1.54) is 24.3 Å². The molecular weight excluding hydrogens is 333 g/mol. The SMILES string of the molecule is O=C(COc1ccc(F)cc1)NC[C@@H](CO)Cc1ccc(Cl)cc1. The second kappa shape index (κ2) is 9.25. The fourth-order valence-electron chi connectivity index (χ4n) is 2.14. The predicted molar refractivity (Wildman–Crippen MR) is 90.6 cm³/mol. The fraction of sp³-hybridized carbons (Fsp3) is 0.278. The van der Waals surface area contributed by atoms with Crippen molar-refractivity contribution >= 4 is 17.5 Å². The normalized spacial score (nSPS) is 11.8. The van der Waals surface area contributed by atoms with Crippen LogP contribution < -0.4 is 10.1 Å². The van der Waals surface area contributed by atoms with Gasteiger partial charge in [-0.1, -0.05) is 23.7 Å². The number of benzene rings is 2. The number of hydrogen-bond donors (Lipinski definition) is 2. The van der Waals surface area contributed by atoms with Crippen LogP contribution in [0.3, 0.4) is 0 Å². The molecule has 0 heterocycles. The first kappa shape index (κ1) is 18.2. The van der Waals surface area contributed by atoms with Crippen molar-refractivity contribution in [3.8, 4) is 5.75 Å². The number of amides is 1. The Morgan fingerprint density at radius 3 is 2.46 bits per heavy atom. The maximum absolute atomic E-state index is 12.8. The van der Waals surface area contributed by atoms with Crippen molar-refractivity contribution in [1.29, 1.82) is 0 Å². The van der Waals surface area contributed by atoms with Gasteiger partial charge in [0.05, 0.1) is 0 Å². The van der Waals surface area contributed by atoms with Crippen molar-refractivity contribution in [3.63, 3.8) is 0 Å². The highest BCUT2D eigenvalue weighted by atomic mass is 35.5. The number of carbonyl (C=O) groups excluding carboxylic acids is 1. The molecule has 0 saturated carbocycles. The number of hydrogen-bond acceptors (Lipinski definition) is 3. The minimum absolute atomic E-state index is 0.0400. The third-order valence-corrected chi connectivity index (χ3v) is 3.72. The first-order valence-electron chi connectivity index (χ1n) is 7.57. The molecular formula is C18H19ClFNO3. The minimum atomic E-state index is -0.361. The van der Waals surface area contributed by atoms with E-state index in [0.717, 1.165) is 5.56 Å². The van der Waals surface area contributed by atoms with Gasteiger partial charge < -0.3 is 15.2 Å². The number of nitrogens with one attached hydrogen (secondary N) is 1. The average Bonchev–Trinajstić information content (AvgIpc) is 2.59. The zero-order valence-electron chi connectivity index (χ0n) is 13.0. The summed E-state index contributed by atoms with van der Waals surface area (Å²) in [7, 11) is 0. The molecule has 1 amide bonds. The lowest BCUT2D eigenvalue weighted by atomic mass is 10.00. The second-order valence-corrected chi connectivity index (χ2v) is 5.86. The number of aliphatic hydroxyl groups is 1. The van der Waals surface area contributed by atoms with Crippen LogP contribution in [0.1, 0.15) is 5.56 Å². The Hall–Kier alpha value is -2.11. The summed E-state index contributed by atoms with van der Waals surface area (Å²) >= 11 is 5.84. The quantitative estimate of drug-likeness (QED) is 0.769. The van der Waals surface area contributed by atoms with E-state index in [1.54, 1.807) is 12.1 Å². The van der Waals surface area contributed by atoms with Gasteiger partial charge >= 0.3 is 0 Å². The van der Waals surface area contributed by atoms with Gasteiger partial charge in [0.15, 0.2) is 6.61 Å². The summed E-state index contributed by atoms with van der Waals surface area (Å²) < 4.78 is 18.0. The summed E-state index contributed by atoms with van der Waals surface area (Å²) in [6, 6.07) is 12.8. The smallest absolute Gasteiger partial charge is 0.257 e. The van der Waals surface area contributed by atoms with E-state index >= 15 is 0 Å². The van der Waals surface area contributed by atoms with Gasteiger partial charge in [0.1, 0.15) is 11.6 Å². The molecule has 0 aliphatic rings. The maximum Gasteiger partial charge on any atom is 0.257 e. The Labute approximate surface area is 145 Å². The predicted octanol–water partition coefficient (Wildman–Crippen LogP) is 2.83. The van der Waals surface area contributed by atoms with E-state index < -0.39 is 0 Å². The Morgan fingerprint density at radius 2 is 1.83 bits per heavy atom. The summed E-state index contributed by atoms with van der Waals surface area (Å²) in [6.07, 6.45) is 0.632. The van der Waals surface area contributed by atoms with Gasteiger partial charge in [0.25, 0.3) is 5.91 Å². The third kappa shape index (κ3) is 6.18. The van der Waals surface area contributed by atoms with Crippen molar-refractivity contribution in [2.75, 3.05) is 19.8 Å². The topological polar surface area (TPSA) is 58.6 Å². The third-order valence-electron chi connectivity index (χ3n) is 3.47. The average molecular weight is 352 g/mol. The summed E-state index contributed by atoms with van der Waals surface area (Å²) in [5, 5.41) is 12.8. The van der Waals surface area contributed by atoms with Gasteiger partial charge in [-0.05, 0) is 48.4 Å². The van der Waals surface area contributed by atoms with Crippen LogP contribution in [-0.4, -0.2) is 30.8 Å². The summed E-state index contributed by atoms with van der Waals surface area (Å²) in [6.45, 7) is 0.136. The Kier molecular flexibility index (Phi) is 7.03. The molecule has 128 valence electrons. The van der Waals surface area contributed by atoms with E-state index in [2.05, 4.69) is 5.32 Å². The van der Waals surface area contributed by atoms with Crippen LogP contribution in [0.2, 0.25) is 5.02 Å². The van der Waals surface area contributed by atoms with Crippen molar-refractivity contribution in [2.24, 2.45) is 5.92 Å². The maximum atomic E-state index is 12.8. The lowest BCUT2D eigenvalue weighted by Crippen LogP contribution is -2.35. The first-order chi connectivity index (χ1) is 11.6. The second-order valence-electron chi connectivity index (χ2n) is 5.43. The van der Waals surface area contributed by atoms with Gasteiger partial charge in [0.2, 0.25) is 0 Å². The Morgan fingerprint density at radius 1 is 1.17 bits per heavy atom. The molecule has 4 nitrogen and oxygen atoms in total. The van der Waals surface area contributed by atoms with Crippen molar-refractivity contribution in [3.05, 3.63) is 64.9 Å². The number of aliphatic hydroxyl groups excluding tert-OH is 1. The highest BCUT2D eigenvalue weighted by molar-refractivity contribution is 6.30. The van der Waals surface area contributed by atoms with E-state index in [-0.39, 0.29) is 30.9 Å². The molecule has 0 aliphatic heterocycles. The van der Waals surface area contributed by atoms with Crippen LogP contribution in [0.25, 0.3) is 0 Å². The molecule has 2 rings (SSSR count). The van der Waals surface area contributed by atoms with Crippen LogP contribution in [0, 0.1) is 11.7 Å². The fourth-order valence-corrected chi connectivity index (χ4v) is 2.27. The molecule has 0 saturated heterocycles. The highest BCUT2D eigenvalue weighted by Gasteiger charge is 2.11. The standard InChI is InChI=1S/C18H19ClFNO3/c19-15-3-1-13(2-4-15)9-14(11-22)10-21-18(23)12-24-17-7-5-16(20)6-8-17/h1-8,14,22H,9-12H2,(H,21,23)/t14-/m0/s1. The van der Waals surface area contributed by atoms with Crippen LogP contribution in [0.5, 0.6) is 5.75 Å². The van der Waals surface area contributed by atoms with Crippen LogP contribution >= 0.6 is 11.6 Å². The zero-order valence-corrected chi connectivity index (χ0v) is 13.8. The van der Waals surface area contributed by atoms with Crippen molar-refractivity contribution in [2.45, 2.75) is 6.42 Å².